The molecule has 0 saturated heterocycles. The highest BCUT2D eigenvalue weighted by Gasteiger charge is 2.06. The molecular formula is C12H17N3. The maximum absolute atomic E-state index is 4.13. The monoisotopic (exact) mass is 203 g/mol. The van der Waals surface area contributed by atoms with Gasteiger partial charge in [0.05, 0.1) is 18.6 Å². The smallest absolute Gasteiger partial charge is 0.0946 e. The number of hydrogen-bond acceptors (Lipinski definition) is 1. The Labute approximate surface area is 90.4 Å². The summed E-state index contributed by atoms with van der Waals surface area (Å²) in [5.41, 5.74) is 5.31. The first-order chi connectivity index (χ1) is 7.09. The van der Waals surface area contributed by atoms with Gasteiger partial charge in [0.2, 0.25) is 0 Å². The molecule has 0 fully saturated rings. The Kier molecular flexibility index (Phi) is 2.39. The molecule has 3 heteroatoms. The van der Waals surface area contributed by atoms with Gasteiger partial charge in [-0.2, -0.15) is 0 Å². The van der Waals surface area contributed by atoms with E-state index in [9.17, 15) is 0 Å². The molecule has 80 valence electrons. The van der Waals surface area contributed by atoms with Gasteiger partial charge in [-0.05, 0) is 31.9 Å². The molecule has 0 aromatic carbocycles. The largest absolute Gasteiger partial charge is 0.345 e. The minimum Gasteiger partial charge on any atom is -0.345 e. The molecule has 0 atom stereocenters. The van der Waals surface area contributed by atoms with Gasteiger partial charge < -0.3 is 9.13 Å². The Morgan fingerprint density at radius 3 is 2.47 bits per heavy atom. The second kappa shape index (κ2) is 3.57. The lowest BCUT2D eigenvalue weighted by Gasteiger charge is -2.06. The number of aromatic nitrogens is 3. The normalized spacial score (nSPS) is 10.9. The summed E-state index contributed by atoms with van der Waals surface area (Å²) in [7, 11) is 2.03. The van der Waals surface area contributed by atoms with Crippen LogP contribution in [0.15, 0.2) is 18.7 Å². The summed E-state index contributed by atoms with van der Waals surface area (Å²) < 4.78 is 4.34. The van der Waals surface area contributed by atoms with Gasteiger partial charge in [-0.25, -0.2) is 4.98 Å². The van der Waals surface area contributed by atoms with E-state index in [2.05, 4.69) is 41.1 Å². The highest BCUT2D eigenvalue weighted by Crippen LogP contribution is 2.15. The van der Waals surface area contributed by atoms with Crippen LogP contribution in [0.25, 0.3) is 0 Å². The third-order valence-corrected chi connectivity index (χ3v) is 3.16. The van der Waals surface area contributed by atoms with E-state index >= 15 is 0 Å². The lowest BCUT2D eigenvalue weighted by atomic mass is 10.2. The molecule has 0 N–H and O–H groups in total. The van der Waals surface area contributed by atoms with E-state index in [0.29, 0.717) is 0 Å². The minimum absolute atomic E-state index is 0.900. The highest BCUT2D eigenvalue weighted by molar-refractivity contribution is 5.29. The van der Waals surface area contributed by atoms with Crippen molar-refractivity contribution in [1.29, 1.82) is 0 Å². The molecule has 0 aliphatic carbocycles. The zero-order valence-electron chi connectivity index (χ0n) is 9.78. The third-order valence-electron chi connectivity index (χ3n) is 3.16. The topological polar surface area (TPSA) is 22.8 Å². The van der Waals surface area contributed by atoms with Gasteiger partial charge in [0.25, 0.3) is 0 Å². The van der Waals surface area contributed by atoms with Crippen molar-refractivity contribution >= 4 is 0 Å². The van der Waals surface area contributed by atoms with Gasteiger partial charge in [0, 0.05) is 25.1 Å². The summed E-state index contributed by atoms with van der Waals surface area (Å²) in [6.07, 6.45) is 5.97. The van der Waals surface area contributed by atoms with Crippen LogP contribution in [0.4, 0.5) is 0 Å². The summed E-state index contributed by atoms with van der Waals surface area (Å²) in [6, 6.07) is 0. The van der Waals surface area contributed by atoms with E-state index in [1.165, 1.54) is 22.5 Å². The van der Waals surface area contributed by atoms with Crippen molar-refractivity contribution in [2.24, 2.45) is 7.05 Å². The number of nitrogens with zero attached hydrogens (tertiary/aromatic N) is 3. The van der Waals surface area contributed by atoms with Crippen LogP contribution in [0.5, 0.6) is 0 Å². The summed E-state index contributed by atoms with van der Waals surface area (Å²) in [5.74, 6) is 0. The summed E-state index contributed by atoms with van der Waals surface area (Å²) in [5, 5.41) is 0. The number of rotatable bonds is 2. The van der Waals surface area contributed by atoms with E-state index in [1.807, 2.05) is 19.6 Å². The molecule has 2 aromatic heterocycles. The average molecular weight is 203 g/mol. The maximum Gasteiger partial charge on any atom is 0.0946 e. The molecule has 0 radical (unpaired) electrons. The first-order valence-electron chi connectivity index (χ1n) is 5.17. The van der Waals surface area contributed by atoms with Gasteiger partial charge in [-0.3, -0.25) is 0 Å². The Hall–Kier alpha value is -1.51. The predicted molar refractivity (Wildman–Crippen MR) is 61.0 cm³/mol. The fraction of sp³-hybridized carbons (Fsp3) is 0.417. The minimum atomic E-state index is 0.900. The van der Waals surface area contributed by atoms with E-state index in [4.69, 9.17) is 0 Å². The van der Waals surface area contributed by atoms with Gasteiger partial charge in [0.1, 0.15) is 0 Å². The van der Waals surface area contributed by atoms with Crippen LogP contribution in [-0.2, 0) is 13.6 Å². The second-order valence-electron chi connectivity index (χ2n) is 4.15. The molecule has 0 aliphatic heterocycles. The standard InChI is InChI=1S/C12H17N3/c1-9-6-15(11(3)10(9)2)7-12-5-13-8-14(12)4/h5-6,8H,7H2,1-4H3. The Balaban J connectivity index is 2.33. The molecule has 3 nitrogen and oxygen atoms in total. The van der Waals surface area contributed by atoms with Gasteiger partial charge >= 0.3 is 0 Å². The third kappa shape index (κ3) is 1.69. The SMILES string of the molecule is Cc1cn(Cc2cncn2C)c(C)c1C. The van der Waals surface area contributed by atoms with Crippen molar-refractivity contribution in [2.45, 2.75) is 27.3 Å². The molecule has 2 rings (SSSR count). The van der Waals surface area contributed by atoms with Gasteiger partial charge in [-0.1, -0.05) is 0 Å². The fourth-order valence-electron chi connectivity index (χ4n) is 1.80. The zero-order valence-corrected chi connectivity index (χ0v) is 9.78. The lowest BCUT2D eigenvalue weighted by Crippen LogP contribution is -2.04. The lowest BCUT2D eigenvalue weighted by molar-refractivity contribution is 0.708. The van der Waals surface area contributed by atoms with Crippen molar-refractivity contribution in [3.05, 3.63) is 41.2 Å². The van der Waals surface area contributed by atoms with Crippen LogP contribution in [0.3, 0.4) is 0 Å². The van der Waals surface area contributed by atoms with E-state index in [0.717, 1.165) is 6.54 Å². The second-order valence-corrected chi connectivity index (χ2v) is 4.15. The van der Waals surface area contributed by atoms with E-state index in [1.54, 1.807) is 0 Å². The number of hydrogen-bond donors (Lipinski definition) is 0. The molecule has 0 aliphatic rings. The summed E-state index contributed by atoms with van der Waals surface area (Å²) >= 11 is 0. The molecule has 0 unspecified atom stereocenters. The molecule has 2 heterocycles. The first kappa shape index (κ1) is 10.0. The zero-order chi connectivity index (χ0) is 11.0. The Bertz CT molecular complexity index is 477. The van der Waals surface area contributed by atoms with Crippen LogP contribution >= 0.6 is 0 Å². The molecule has 0 saturated carbocycles. The molecule has 0 amide bonds. The first-order valence-corrected chi connectivity index (χ1v) is 5.17. The van der Waals surface area contributed by atoms with E-state index < -0.39 is 0 Å². The Morgan fingerprint density at radius 2 is 2.00 bits per heavy atom. The Morgan fingerprint density at radius 1 is 1.27 bits per heavy atom. The molecule has 2 aromatic rings. The van der Waals surface area contributed by atoms with Gasteiger partial charge in [-0.15, -0.1) is 0 Å². The van der Waals surface area contributed by atoms with Gasteiger partial charge in [0.15, 0.2) is 0 Å². The fourth-order valence-corrected chi connectivity index (χ4v) is 1.80. The highest BCUT2D eigenvalue weighted by atomic mass is 15.1. The summed E-state index contributed by atoms with van der Waals surface area (Å²) in [6.45, 7) is 7.39. The maximum atomic E-state index is 4.13. The predicted octanol–water partition coefficient (Wildman–Crippen LogP) is 2.20. The van der Waals surface area contributed by atoms with E-state index in [-0.39, 0.29) is 0 Å². The summed E-state index contributed by atoms with van der Waals surface area (Å²) in [4.78, 5) is 4.13. The van der Waals surface area contributed by atoms with Crippen molar-refractivity contribution in [3.63, 3.8) is 0 Å². The number of aryl methyl sites for hydroxylation is 2. The average Bonchev–Trinajstić information content (AvgIpc) is 2.69. The van der Waals surface area contributed by atoms with Crippen LogP contribution in [0, 0.1) is 20.8 Å². The quantitative estimate of drug-likeness (QED) is 0.733. The molecular weight excluding hydrogens is 186 g/mol. The molecule has 0 spiro atoms. The van der Waals surface area contributed by atoms with Crippen molar-refractivity contribution in [1.82, 2.24) is 14.1 Å². The van der Waals surface area contributed by atoms with Crippen molar-refractivity contribution in [3.8, 4) is 0 Å². The van der Waals surface area contributed by atoms with Crippen LogP contribution < -0.4 is 0 Å². The van der Waals surface area contributed by atoms with Crippen LogP contribution in [0.2, 0.25) is 0 Å². The molecule has 0 bridgehead atoms. The van der Waals surface area contributed by atoms with Crippen LogP contribution in [-0.4, -0.2) is 14.1 Å². The number of imidazole rings is 1. The van der Waals surface area contributed by atoms with Crippen molar-refractivity contribution < 1.29 is 0 Å². The van der Waals surface area contributed by atoms with Crippen LogP contribution in [0.1, 0.15) is 22.5 Å². The molecule has 15 heavy (non-hydrogen) atoms. The van der Waals surface area contributed by atoms with Crippen molar-refractivity contribution in [2.75, 3.05) is 0 Å².